The Morgan fingerprint density at radius 1 is 1.44 bits per heavy atom. The molecule has 0 saturated heterocycles. The third-order valence-corrected chi connectivity index (χ3v) is 2.58. The number of hydrogen-bond acceptors (Lipinski definition) is 3. The molecule has 0 atom stereocenters. The maximum atomic E-state index is 11.5. The molecule has 0 bridgehead atoms. The van der Waals surface area contributed by atoms with Crippen LogP contribution in [0.2, 0.25) is 5.02 Å². The van der Waals surface area contributed by atoms with Gasteiger partial charge in [-0.05, 0) is 24.3 Å². The van der Waals surface area contributed by atoms with Crippen molar-refractivity contribution in [3.8, 4) is 5.75 Å². The van der Waals surface area contributed by atoms with Crippen LogP contribution in [0.4, 0.5) is 0 Å². The summed E-state index contributed by atoms with van der Waals surface area (Å²) in [5, 5.41) is 11.0. The van der Waals surface area contributed by atoms with Gasteiger partial charge in [0.15, 0.2) is 5.78 Å². The van der Waals surface area contributed by atoms with E-state index >= 15 is 0 Å². The Morgan fingerprint density at radius 2 is 2.19 bits per heavy atom. The summed E-state index contributed by atoms with van der Waals surface area (Å²) in [6.45, 7) is 1.73. The van der Waals surface area contributed by atoms with E-state index in [9.17, 15) is 9.90 Å². The molecule has 4 heteroatoms. The van der Waals surface area contributed by atoms with Crippen LogP contribution >= 0.6 is 11.6 Å². The molecule has 16 heavy (non-hydrogen) atoms. The molecule has 1 heterocycles. The van der Waals surface area contributed by atoms with Crippen LogP contribution in [0, 0.1) is 0 Å². The maximum Gasteiger partial charge on any atom is 0.184 e. The average molecular weight is 236 g/mol. The lowest BCUT2D eigenvalue weighted by Gasteiger charge is -2.04. The van der Waals surface area contributed by atoms with Crippen LogP contribution in [0.25, 0.3) is 10.9 Å². The minimum Gasteiger partial charge on any atom is -0.506 e. The van der Waals surface area contributed by atoms with E-state index in [1.807, 2.05) is 0 Å². The first-order valence-electron chi connectivity index (χ1n) is 4.94. The molecule has 0 aliphatic carbocycles. The van der Waals surface area contributed by atoms with Crippen molar-refractivity contribution in [2.75, 3.05) is 0 Å². The van der Waals surface area contributed by atoms with E-state index in [1.54, 1.807) is 25.1 Å². The minimum absolute atomic E-state index is 0.0957. The molecule has 82 valence electrons. The number of rotatable bonds is 2. The average Bonchev–Trinajstić information content (AvgIpc) is 2.27. The summed E-state index contributed by atoms with van der Waals surface area (Å²) in [4.78, 5) is 15.6. The molecule has 3 nitrogen and oxygen atoms in total. The van der Waals surface area contributed by atoms with Gasteiger partial charge in [0.05, 0.1) is 5.52 Å². The molecule has 0 fully saturated rings. The van der Waals surface area contributed by atoms with Gasteiger partial charge in [0.2, 0.25) is 0 Å². The normalized spacial score (nSPS) is 10.6. The Balaban J connectivity index is 2.67. The quantitative estimate of drug-likeness (QED) is 0.814. The van der Waals surface area contributed by atoms with Crippen LogP contribution in [-0.4, -0.2) is 15.9 Å². The summed E-state index contributed by atoms with van der Waals surface area (Å²) in [5.41, 5.74) is 0.774. The Kier molecular flexibility index (Phi) is 2.79. The molecule has 1 aromatic carbocycles. The first kappa shape index (κ1) is 10.9. The molecule has 2 rings (SSSR count). The summed E-state index contributed by atoms with van der Waals surface area (Å²) < 4.78 is 0. The molecule has 0 aliphatic rings. The number of aromatic hydroxyl groups is 1. The Bertz CT molecular complexity index is 566. The van der Waals surface area contributed by atoms with Crippen LogP contribution in [-0.2, 0) is 0 Å². The van der Waals surface area contributed by atoms with Crippen LogP contribution in [0.1, 0.15) is 23.8 Å². The Hall–Kier alpha value is -1.61. The number of ketones is 1. The predicted octanol–water partition coefficient (Wildman–Crippen LogP) is 3.19. The van der Waals surface area contributed by atoms with E-state index in [2.05, 4.69) is 4.98 Å². The van der Waals surface area contributed by atoms with Gasteiger partial charge in [-0.25, -0.2) is 4.98 Å². The Labute approximate surface area is 97.7 Å². The minimum atomic E-state index is -0.172. The summed E-state index contributed by atoms with van der Waals surface area (Å²) in [7, 11) is 0. The number of Topliss-reactive ketones (excluding diaryl/α,β-unsaturated/α-hetero) is 1. The van der Waals surface area contributed by atoms with E-state index in [0.29, 0.717) is 17.0 Å². The maximum absolute atomic E-state index is 11.5. The van der Waals surface area contributed by atoms with Gasteiger partial charge < -0.3 is 5.11 Å². The molecule has 0 amide bonds. The second-order valence-electron chi connectivity index (χ2n) is 3.47. The molecule has 0 spiro atoms. The monoisotopic (exact) mass is 235 g/mol. The van der Waals surface area contributed by atoms with Crippen LogP contribution in [0.3, 0.4) is 0 Å². The van der Waals surface area contributed by atoms with E-state index in [0.717, 1.165) is 5.39 Å². The van der Waals surface area contributed by atoms with Crippen molar-refractivity contribution in [1.82, 2.24) is 4.98 Å². The van der Waals surface area contributed by atoms with Crippen molar-refractivity contribution >= 4 is 28.3 Å². The van der Waals surface area contributed by atoms with Gasteiger partial charge in [-0.3, -0.25) is 4.79 Å². The van der Waals surface area contributed by atoms with Gasteiger partial charge in [-0.2, -0.15) is 0 Å². The summed E-state index contributed by atoms with van der Waals surface area (Å²) >= 11 is 5.82. The lowest BCUT2D eigenvalue weighted by atomic mass is 10.1. The van der Waals surface area contributed by atoms with Gasteiger partial charge in [-0.15, -0.1) is 0 Å². The van der Waals surface area contributed by atoms with Gasteiger partial charge in [0.1, 0.15) is 11.4 Å². The SMILES string of the molecule is CCC(=O)c1nc2ccc(Cl)cc2cc1O. The summed E-state index contributed by atoms with van der Waals surface area (Å²) in [6, 6.07) is 6.64. The van der Waals surface area contributed by atoms with Gasteiger partial charge in [0.25, 0.3) is 0 Å². The predicted molar refractivity (Wildman–Crippen MR) is 63.0 cm³/mol. The smallest absolute Gasteiger partial charge is 0.184 e. The molecular formula is C12H10ClNO2. The van der Waals surface area contributed by atoms with Crippen molar-refractivity contribution in [2.45, 2.75) is 13.3 Å². The number of halogens is 1. The second-order valence-corrected chi connectivity index (χ2v) is 3.91. The number of hydrogen-bond donors (Lipinski definition) is 1. The highest BCUT2D eigenvalue weighted by Crippen LogP contribution is 2.25. The Morgan fingerprint density at radius 3 is 2.88 bits per heavy atom. The molecule has 1 aromatic heterocycles. The molecule has 0 unspecified atom stereocenters. The molecule has 0 saturated carbocycles. The number of carbonyl (C=O) groups is 1. The first-order chi connectivity index (χ1) is 7.61. The largest absolute Gasteiger partial charge is 0.506 e. The van der Waals surface area contributed by atoms with Gasteiger partial charge >= 0.3 is 0 Å². The molecule has 0 aliphatic heterocycles. The topological polar surface area (TPSA) is 50.2 Å². The number of benzene rings is 1. The fourth-order valence-corrected chi connectivity index (χ4v) is 1.69. The lowest BCUT2D eigenvalue weighted by Crippen LogP contribution is -2.00. The zero-order valence-corrected chi connectivity index (χ0v) is 9.45. The van der Waals surface area contributed by atoms with Gasteiger partial charge in [0, 0.05) is 16.8 Å². The number of nitrogens with zero attached hydrogens (tertiary/aromatic N) is 1. The van der Waals surface area contributed by atoms with Crippen molar-refractivity contribution in [2.24, 2.45) is 0 Å². The fraction of sp³-hybridized carbons (Fsp3) is 0.167. The molecule has 1 N–H and O–H groups in total. The highest BCUT2D eigenvalue weighted by Gasteiger charge is 2.12. The van der Waals surface area contributed by atoms with Crippen LogP contribution in [0.15, 0.2) is 24.3 Å². The van der Waals surface area contributed by atoms with E-state index in [1.165, 1.54) is 6.07 Å². The number of fused-ring (bicyclic) bond motifs is 1. The lowest BCUT2D eigenvalue weighted by molar-refractivity contribution is 0.0981. The number of aromatic nitrogens is 1. The first-order valence-corrected chi connectivity index (χ1v) is 5.32. The summed E-state index contributed by atoms with van der Waals surface area (Å²) in [6.07, 6.45) is 0.319. The standard InChI is InChI=1S/C12H10ClNO2/c1-2-10(15)12-11(16)6-7-5-8(13)3-4-9(7)14-12/h3-6,16H,2H2,1H3. The van der Waals surface area contributed by atoms with Crippen LogP contribution < -0.4 is 0 Å². The highest BCUT2D eigenvalue weighted by molar-refractivity contribution is 6.31. The van der Waals surface area contributed by atoms with Crippen molar-refractivity contribution in [3.05, 3.63) is 35.0 Å². The summed E-state index contributed by atoms with van der Waals surface area (Å²) in [5.74, 6) is -0.268. The van der Waals surface area contributed by atoms with Crippen LogP contribution in [0.5, 0.6) is 5.75 Å². The van der Waals surface area contributed by atoms with Crippen molar-refractivity contribution < 1.29 is 9.90 Å². The number of carbonyl (C=O) groups excluding carboxylic acids is 1. The zero-order valence-electron chi connectivity index (χ0n) is 8.70. The molecule has 0 radical (unpaired) electrons. The van der Waals surface area contributed by atoms with E-state index in [4.69, 9.17) is 11.6 Å². The fourth-order valence-electron chi connectivity index (χ4n) is 1.51. The number of pyridine rings is 1. The zero-order chi connectivity index (χ0) is 11.7. The molecular weight excluding hydrogens is 226 g/mol. The molecule has 2 aromatic rings. The third-order valence-electron chi connectivity index (χ3n) is 2.34. The van der Waals surface area contributed by atoms with Crippen molar-refractivity contribution in [3.63, 3.8) is 0 Å². The third kappa shape index (κ3) is 1.86. The van der Waals surface area contributed by atoms with Crippen molar-refractivity contribution in [1.29, 1.82) is 0 Å². The highest BCUT2D eigenvalue weighted by atomic mass is 35.5. The van der Waals surface area contributed by atoms with Gasteiger partial charge in [-0.1, -0.05) is 18.5 Å². The van der Waals surface area contributed by atoms with E-state index in [-0.39, 0.29) is 17.2 Å². The second kappa shape index (κ2) is 4.10. The van der Waals surface area contributed by atoms with E-state index < -0.39 is 0 Å².